The van der Waals surface area contributed by atoms with Crippen LogP contribution in [0.5, 0.6) is 0 Å². The van der Waals surface area contributed by atoms with Crippen molar-refractivity contribution in [2.45, 2.75) is 65.3 Å². The number of nitrogens with one attached hydrogen (secondary N) is 1. The van der Waals surface area contributed by atoms with Crippen LogP contribution in [0.2, 0.25) is 0 Å². The smallest absolute Gasteiger partial charge is 0.0100 e. The summed E-state index contributed by atoms with van der Waals surface area (Å²) in [4.78, 5) is 0. The Morgan fingerprint density at radius 3 is 2.60 bits per heavy atom. The lowest BCUT2D eigenvalue weighted by atomic mass is 9.76. The molecule has 0 spiro atoms. The van der Waals surface area contributed by atoms with Crippen LogP contribution >= 0.6 is 0 Å². The minimum Gasteiger partial charge on any atom is -0.314 e. The maximum atomic E-state index is 3.77. The molecule has 0 amide bonds. The first-order valence-electron chi connectivity index (χ1n) is 8.41. The van der Waals surface area contributed by atoms with E-state index in [0.717, 1.165) is 12.5 Å². The Labute approximate surface area is 125 Å². The van der Waals surface area contributed by atoms with Gasteiger partial charge in [-0.3, -0.25) is 0 Å². The quantitative estimate of drug-likeness (QED) is 0.751. The normalized spacial score (nSPS) is 22.9. The minimum absolute atomic E-state index is 0.527. The Morgan fingerprint density at radius 2 is 2.00 bits per heavy atom. The zero-order valence-corrected chi connectivity index (χ0v) is 13.5. The molecule has 0 radical (unpaired) electrons. The molecule has 1 saturated carbocycles. The molecule has 0 bridgehead atoms. The molecule has 1 aromatic carbocycles. The highest BCUT2D eigenvalue weighted by molar-refractivity contribution is 5.14. The Hall–Kier alpha value is -0.820. The summed E-state index contributed by atoms with van der Waals surface area (Å²) < 4.78 is 0. The molecule has 2 rings (SSSR count). The van der Waals surface area contributed by atoms with E-state index in [9.17, 15) is 0 Å². The molecule has 1 aliphatic carbocycles. The van der Waals surface area contributed by atoms with E-state index in [-0.39, 0.29) is 0 Å². The van der Waals surface area contributed by atoms with Gasteiger partial charge in [-0.25, -0.2) is 0 Å². The van der Waals surface area contributed by atoms with Gasteiger partial charge >= 0.3 is 0 Å². The fraction of sp³-hybridized carbons (Fsp3) is 0.684. The molecule has 1 nitrogen and oxygen atoms in total. The lowest BCUT2D eigenvalue weighted by molar-refractivity contribution is 0.189. The zero-order chi connectivity index (χ0) is 14.4. The van der Waals surface area contributed by atoms with E-state index in [2.05, 4.69) is 56.4 Å². The van der Waals surface area contributed by atoms with Gasteiger partial charge in [0.25, 0.3) is 0 Å². The van der Waals surface area contributed by atoms with Gasteiger partial charge in [-0.1, -0.05) is 57.5 Å². The van der Waals surface area contributed by atoms with E-state index in [0.29, 0.717) is 11.5 Å². The summed E-state index contributed by atoms with van der Waals surface area (Å²) in [6.07, 6.45) is 8.06. The fourth-order valence-corrected chi connectivity index (χ4v) is 3.98. The van der Waals surface area contributed by atoms with Crippen LogP contribution in [-0.2, 0) is 6.42 Å². The number of aryl methyl sites for hydroxylation is 1. The van der Waals surface area contributed by atoms with Crippen molar-refractivity contribution in [1.29, 1.82) is 0 Å². The summed E-state index contributed by atoms with van der Waals surface area (Å²) in [5.74, 6) is 0.859. The third kappa shape index (κ3) is 4.09. The number of benzene rings is 1. The lowest BCUT2D eigenvalue weighted by Gasteiger charge is -2.35. The topological polar surface area (TPSA) is 12.0 Å². The van der Waals surface area contributed by atoms with E-state index in [4.69, 9.17) is 0 Å². The van der Waals surface area contributed by atoms with Crippen LogP contribution in [-0.4, -0.2) is 12.6 Å². The monoisotopic (exact) mass is 273 g/mol. The van der Waals surface area contributed by atoms with E-state index >= 15 is 0 Å². The third-order valence-corrected chi connectivity index (χ3v) is 5.12. The summed E-state index contributed by atoms with van der Waals surface area (Å²) >= 11 is 0. The van der Waals surface area contributed by atoms with Crippen molar-refractivity contribution in [1.82, 2.24) is 5.32 Å². The second-order valence-corrected chi connectivity index (χ2v) is 7.03. The van der Waals surface area contributed by atoms with Crippen molar-refractivity contribution in [2.24, 2.45) is 11.3 Å². The van der Waals surface area contributed by atoms with Gasteiger partial charge in [0.15, 0.2) is 0 Å². The van der Waals surface area contributed by atoms with Crippen LogP contribution in [0.1, 0.15) is 58.4 Å². The number of rotatable bonds is 7. The van der Waals surface area contributed by atoms with Crippen LogP contribution < -0.4 is 5.32 Å². The Morgan fingerprint density at radius 1 is 1.25 bits per heavy atom. The highest BCUT2D eigenvalue weighted by atomic mass is 14.9. The molecular formula is C19H31N. The highest BCUT2D eigenvalue weighted by Crippen LogP contribution is 2.45. The molecule has 1 heteroatoms. The van der Waals surface area contributed by atoms with Crippen molar-refractivity contribution >= 4 is 0 Å². The second-order valence-electron chi connectivity index (χ2n) is 7.03. The molecule has 0 aromatic heterocycles. The van der Waals surface area contributed by atoms with Gasteiger partial charge in [-0.15, -0.1) is 0 Å². The Bertz CT molecular complexity index is 382. The Balaban J connectivity index is 1.86. The van der Waals surface area contributed by atoms with Crippen molar-refractivity contribution < 1.29 is 0 Å². The van der Waals surface area contributed by atoms with Crippen LogP contribution in [0.3, 0.4) is 0 Å². The van der Waals surface area contributed by atoms with Crippen molar-refractivity contribution in [3.63, 3.8) is 0 Å². The molecule has 112 valence electrons. The van der Waals surface area contributed by atoms with Crippen LogP contribution in [0.15, 0.2) is 30.3 Å². The Kier molecular flexibility index (Phi) is 5.65. The van der Waals surface area contributed by atoms with Crippen molar-refractivity contribution in [3.8, 4) is 0 Å². The predicted octanol–water partition coefficient (Wildman–Crippen LogP) is 4.81. The first-order chi connectivity index (χ1) is 9.63. The van der Waals surface area contributed by atoms with Crippen LogP contribution in [0.25, 0.3) is 0 Å². The van der Waals surface area contributed by atoms with Gasteiger partial charge in [0.1, 0.15) is 0 Å². The first-order valence-corrected chi connectivity index (χ1v) is 8.41. The second kappa shape index (κ2) is 7.26. The first kappa shape index (κ1) is 15.6. The number of hydrogen-bond acceptors (Lipinski definition) is 1. The molecule has 0 aliphatic heterocycles. The van der Waals surface area contributed by atoms with Crippen LogP contribution in [0, 0.1) is 11.3 Å². The molecule has 1 fully saturated rings. The van der Waals surface area contributed by atoms with Gasteiger partial charge in [0, 0.05) is 6.04 Å². The average Bonchev–Trinajstić information content (AvgIpc) is 2.78. The molecule has 1 aliphatic rings. The fourth-order valence-electron chi connectivity index (χ4n) is 3.98. The number of hydrogen-bond donors (Lipinski definition) is 1. The standard InChI is InChI=1S/C19H31N/c1-4-20-18(17-13-9-15-19(17,2)3)14-8-12-16-10-6-5-7-11-16/h5-7,10-11,17-18,20H,4,8-9,12-15H2,1-3H3. The summed E-state index contributed by atoms with van der Waals surface area (Å²) in [6.45, 7) is 8.27. The average molecular weight is 273 g/mol. The molecule has 1 N–H and O–H groups in total. The molecule has 0 heterocycles. The third-order valence-electron chi connectivity index (χ3n) is 5.12. The summed E-state index contributed by atoms with van der Waals surface area (Å²) in [6, 6.07) is 11.6. The van der Waals surface area contributed by atoms with Gasteiger partial charge in [-0.2, -0.15) is 0 Å². The lowest BCUT2D eigenvalue weighted by Crippen LogP contribution is -2.40. The summed E-state index contributed by atoms with van der Waals surface area (Å²) in [5.41, 5.74) is 2.01. The molecule has 2 atom stereocenters. The van der Waals surface area contributed by atoms with Gasteiger partial charge in [-0.05, 0) is 55.5 Å². The van der Waals surface area contributed by atoms with E-state index in [1.54, 1.807) is 0 Å². The summed E-state index contributed by atoms with van der Waals surface area (Å²) in [7, 11) is 0. The highest BCUT2D eigenvalue weighted by Gasteiger charge is 2.38. The minimum atomic E-state index is 0.527. The summed E-state index contributed by atoms with van der Waals surface area (Å²) in [5, 5.41) is 3.77. The van der Waals surface area contributed by atoms with Crippen molar-refractivity contribution in [3.05, 3.63) is 35.9 Å². The molecule has 1 aromatic rings. The van der Waals surface area contributed by atoms with Gasteiger partial charge in [0.2, 0.25) is 0 Å². The van der Waals surface area contributed by atoms with Crippen molar-refractivity contribution in [2.75, 3.05) is 6.54 Å². The maximum absolute atomic E-state index is 3.77. The SMILES string of the molecule is CCNC(CCCc1ccccc1)C1CCCC1(C)C. The largest absolute Gasteiger partial charge is 0.314 e. The molecule has 2 unspecified atom stereocenters. The van der Waals surface area contributed by atoms with Crippen LogP contribution in [0.4, 0.5) is 0 Å². The van der Waals surface area contributed by atoms with E-state index in [1.165, 1.54) is 44.1 Å². The molecular weight excluding hydrogens is 242 g/mol. The van der Waals surface area contributed by atoms with E-state index < -0.39 is 0 Å². The molecule has 20 heavy (non-hydrogen) atoms. The maximum Gasteiger partial charge on any atom is 0.0100 e. The van der Waals surface area contributed by atoms with E-state index in [1.807, 2.05) is 0 Å². The zero-order valence-electron chi connectivity index (χ0n) is 13.5. The van der Waals surface area contributed by atoms with Gasteiger partial charge in [0.05, 0.1) is 0 Å². The predicted molar refractivity (Wildman–Crippen MR) is 88.0 cm³/mol. The molecule has 0 saturated heterocycles. The van der Waals surface area contributed by atoms with Gasteiger partial charge < -0.3 is 5.32 Å².